The minimum absolute atomic E-state index is 0.302. The first-order valence-corrected chi connectivity index (χ1v) is 8.29. The minimum Gasteiger partial charge on any atom is -0.306 e. The highest BCUT2D eigenvalue weighted by atomic mass is 79.9. The van der Waals surface area contributed by atoms with Crippen molar-refractivity contribution in [2.45, 2.75) is 33.2 Å². The van der Waals surface area contributed by atoms with E-state index in [-0.39, 0.29) is 0 Å². The van der Waals surface area contributed by atoms with Crippen LogP contribution in [0.2, 0.25) is 0 Å². The molecule has 0 amide bonds. The van der Waals surface area contributed by atoms with Crippen molar-refractivity contribution in [3.63, 3.8) is 0 Å². The molecule has 0 saturated heterocycles. The van der Waals surface area contributed by atoms with Gasteiger partial charge in [0.2, 0.25) is 0 Å². The molecule has 2 aromatic rings. The van der Waals surface area contributed by atoms with Gasteiger partial charge in [0.15, 0.2) is 0 Å². The number of nitrogens with one attached hydrogen (secondary N) is 1. The third-order valence-corrected chi connectivity index (χ3v) is 5.46. The Morgan fingerprint density at radius 2 is 1.95 bits per heavy atom. The number of thiophene rings is 1. The standard InChI is InChI=1S/C16H20BrNS/c1-4-9-18-15(13-8-6-5-7-11(13)2)14-10-12(3)16(17)19-14/h5-8,10,15,18H,4,9H2,1-3H3. The first-order valence-electron chi connectivity index (χ1n) is 6.68. The number of aryl methyl sites for hydroxylation is 2. The van der Waals surface area contributed by atoms with E-state index in [1.54, 1.807) is 0 Å². The summed E-state index contributed by atoms with van der Waals surface area (Å²) in [6.07, 6.45) is 1.15. The lowest BCUT2D eigenvalue weighted by molar-refractivity contribution is 0.603. The van der Waals surface area contributed by atoms with Crippen molar-refractivity contribution in [3.05, 3.63) is 55.7 Å². The molecule has 2 rings (SSSR count). The van der Waals surface area contributed by atoms with Crippen molar-refractivity contribution in [1.82, 2.24) is 5.32 Å². The Morgan fingerprint density at radius 3 is 2.53 bits per heavy atom. The summed E-state index contributed by atoms with van der Waals surface area (Å²) in [4.78, 5) is 1.38. The summed E-state index contributed by atoms with van der Waals surface area (Å²) in [5.41, 5.74) is 4.04. The van der Waals surface area contributed by atoms with E-state index in [2.05, 4.69) is 72.3 Å². The van der Waals surface area contributed by atoms with E-state index in [0.717, 1.165) is 13.0 Å². The molecule has 1 N–H and O–H groups in total. The summed E-state index contributed by atoms with van der Waals surface area (Å²) in [7, 11) is 0. The number of benzene rings is 1. The van der Waals surface area contributed by atoms with Gasteiger partial charge in [0.25, 0.3) is 0 Å². The molecule has 0 bridgehead atoms. The van der Waals surface area contributed by atoms with Gasteiger partial charge in [0, 0.05) is 4.88 Å². The van der Waals surface area contributed by atoms with Gasteiger partial charge in [0.1, 0.15) is 0 Å². The lowest BCUT2D eigenvalue weighted by atomic mass is 9.99. The van der Waals surface area contributed by atoms with E-state index in [1.165, 1.54) is 25.4 Å². The first-order chi connectivity index (χ1) is 9.13. The van der Waals surface area contributed by atoms with Gasteiger partial charge in [-0.3, -0.25) is 0 Å². The molecule has 1 nitrogen and oxygen atoms in total. The predicted octanol–water partition coefficient (Wildman–Crippen LogP) is 5.22. The quantitative estimate of drug-likeness (QED) is 0.788. The second-order valence-electron chi connectivity index (χ2n) is 4.85. The molecule has 1 unspecified atom stereocenters. The second kappa shape index (κ2) is 6.69. The highest BCUT2D eigenvalue weighted by Crippen LogP contribution is 2.35. The highest BCUT2D eigenvalue weighted by Gasteiger charge is 2.18. The zero-order valence-electron chi connectivity index (χ0n) is 11.7. The van der Waals surface area contributed by atoms with Gasteiger partial charge in [-0.15, -0.1) is 11.3 Å². The molecule has 0 aliphatic heterocycles. The van der Waals surface area contributed by atoms with Gasteiger partial charge in [-0.2, -0.15) is 0 Å². The van der Waals surface area contributed by atoms with Crippen LogP contribution in [0.25, 0.3) is 0 Å². The maximum atomic E-state index is 3.67. The summed E-state index contributed by atoms with van der Waals surface area (Å²) in [6, 6.07) is 11.2. The number of hydrogen-bond acceptors (Lipinski definition) is 2. The lowest BCUT2D eigenvalue weighted by Gasteiger charge is -2.19. The maximum absolute atomic E-state index is 3.67. The summed E-state index contributed by atoms with van der Waals surface area (Å²) >= 11 is 5.46. The van der Waals surface area contributed by atoms with E-state index in [4.69, 9.17) is 0 Å². The van der Waals surface area contributed by atoms with E-state index in [0.29, 0.717) is 6.04 Å². The average molecular weight is 338 g/mol. The van der Waals surface area contributed by atoms with E-state index in [9.17, 15) is 0 Å². The molecular formula is C16H20BrNS. The summed E-state index contributed by atoms with van der Waals surface area (Å²) in [5.74, 6) is 0. The van der Waals surface area contributed by atoms with Crippen LogP contribution in [0.3, 0.4) is 0 Å². The molecule has 0 radical (unpaired) electrons. The van der Waals surface area contributed by atoms with Crippen LogP contribution in [0.1, 0.15) is 41.0 Å². The zero-order chi connectivity index (χ0) is 13.8. The normalized spacial score (nSPS) is 12.6. The monoisotopic (exact) mass is 337 g/mol. The Kier molecular flexibility index (Phi) is 5.20. The van der Waals surface area contributed by atoms with Crippen LogP contribution in [0.15, 0.2) is 34.1 Å². The summed E-state index contributed by atoms with van der Waals surface area (Å²) in [6.45, 7) is 7.58. The molecule has 102 valence electrons. The Morgan fingerprint density at radius 1 is 1.21 bits per heavy atom. The van der Waals surface area contributed by atoms with Crippen LogP contribution in [0.4, 0.5) is 0 Å². The van der Waals surface area contributed by atoms with E-state index >= 15 is 0 Å². The molecule has 0 aliphatic carbocycles. The van der Waals surface area contributed by atoms with Crippen molar-refractivity contribution in [2.24, 2.45) is 0 Å². The highest BCUT2D eigenvalue weighted by molar-refractivity contribution is 9.11. The van der Waals surface area contributed by atoms with Crippen LogP contribution in [-0.2, 0) is 0 Å². The van der Waals surface area contributed by atoms with Crippen LogP contribution >= 0.6 is 27.3 Å². The fourth-order valence-corrected chi connectivity index (χ4v) is 3.85. The minimum atomic E-state index is 0.302. The number of hydrogen-bond donors (Lipinski definition) is 1. The summed E-state index contributed by atoms with van der Waals surface area (Å²) in [5, 5.41) is 3.67. The number of rotatable bonds is 5. The second-order valence-corrected chi connectivity index (χ2v) is 7.25. The zero-order valence-corrected chi connectivity index (χ0v) is 14.1. The SMILES string of the molecule is CCCNC(c1cc(C)c(Br)s1)c1ccccc1C. The van der Waals surface area contributed by atoms with Crippen molar-refractivity contribution < 1.29 is 0 Å². The lowest BCUT2D eigenvalue weighted by Crippen LogP contribution is -2.23. The molecule has 1 atom stereocenters. The molecule has 3 heteroatoms. The van der Waals surface area contributed by atoms with Crippen molar-refractivity contribution in [1.29, 1.82) is 0 Å². The largest absolute Gasteiger partial charge is 0.306 e. The van der Waals surface area contributed by atoms with Gasteiger partial charge >= 0.3 is 0 Å². The summed E-state index contributed by atoms with van der Waals surface area (Å²) < 4.78 is 1.24. The Labute approximate surface area is 128 Å². The average Bonchev–Trinajstić information content (AvgIpc) is 2.72. The molecule has 1 heterocycles. The Bertz CT molecular complexity index is 528. The molecule has 0 aliphatic rings. The molecule has 0 saturated carbocycles. The molecule has 1 aromatic heterocycles. The van der Waals surface area contributed by atoms with Crippen LogP contribution in [0, 0.1) is 13.8 Å². The third-order valence-electron chi connectivity index (χ3n) is 3.26. The van der Waals surface area contributed by atoms with Crippen LogP contribution in [-0.4, -0.2) is 6.54 Å². The molecule has 19 heavy (non-hydrogen) atoms. The third kappa shape index (κ3) is 3.47. The molecule has 0 fully saturated rings. The first kappa shape index (κ1) is 14.8. The van der Waals surface area contributed by atoms with Gasteiger partial charge in [-0.25, -0.2) is 0 Å². The van der Waals surface area contributed by atoms with Gasteiger partial charge in [-0.1, -0.05) is 31.2 Å². The fourth-order valence-electron chi connectivity index (χ4n) is 2.19. The van der Waals surface area contributed by atoms with Gasteiger partial charge in [-0.05, 0) is 65.5 Å². The van der Waals surface area contributed by atoms with Crippen LogP contribution in [0.5, 0.6) is 0 Å². The van der Waals surface area contributed by atoms with E-state index in [1.807, 2.05) is 11.3 Å². The van der Waals surface area contributed by atoms with Crippen LogP contribution < -0.4 is 5.32 Å². The van der Waals surface area contributed by atoms with Gasteiger partial charge in [0.05, 0.1) is 9.83 Å². The van der Waals surface area contributed by atoms with E-state index < -0.39 is 0 Å². The topological polar surface area (TPSA) is 12.0 Å². The fraction of sp³-hybridized carbons (Fsp3) is 0.375. The molecule has 0 spiro atoms. The Balaban J connectivity index is 2.38. The Hall–Kier alpha value is -0.640. The molecule has 1 aromatic carbocycles. The van der Waals surface area contributed by atoms with Crippen molar-refractivity contribution in [3.8, 4) is 0 Å². The smallest absolute Gasteiger partial charge is 0.0731 e. The van der Waals surface area contributed by atoms with Crippen molar-refractivity contribution >= 4 is 27.3 Å². The predicted molar refractivity (Wildman–Crippen MR) is 88.1 cm³/mol. The molecular weight excluding hydrogens is 318 g/mol. The maximum Gasteiger partial charge on any atom is 0.0731 e. The van der Waals surface area contributed by atoms with Gasteiger partial charge < -0.3 is 5.32 Å². The number of halogens is 1. The van der Waals surface area contributed by atoms with Crippen molar-refractivity contribution in [2.75, 3.05) is 6.54 Å².